The van der Waals surface area contributed by atoms with Crippen molar-refractivity contribution < 1.29 is 4.79 Å². The van der Waals surface area contributed by atoms with Crippen molar-refractivity contribution in [3.8, 4) is 0 Å². The maximum atomic E-state index is 11.9. The Morgan fingerprint density at radius 2 is 2.33 bits per heavy atom. The molecule has 2 heterocycles. The second kappa shape index (κ2) is 5.32. The van der Waals surface area contributed by atoms with Crippen LogP contribution in [0.5, 0.6) is 0 Å². The van der Waals surface area contributed by atoms with Crippen molar-refractivity contribution in [3.05, 3.63) is 38.9 Å². The second-order valence-electron chi connectivity index (χ2n) is 3.63. The van der Waals surface area contributed by atoms with Gasteiger partial charge in [-0.1, -0.05) is 11.6 Å². The lowest BCUT2D eigenvalue weighted by Gasteiger charge is -2.06. The maximum Gasteiger partial charge on any atom is 0.253 e. The fourth-order valence-corrected chi connectivity index (χ4v) is 2.29. The van der Waals surface area contributed by atoms with Gasteiger partial charge >= 0.3 is 0 Å². The molecule has 0 atom stereocenters. The summed E-state index contributed by atoms with van der Waals surface area (Å²) in [5.41, 5.74) is 8.51. The van der Waals surface area contributed by atoms with Gasteiger partial charge in [0.25, 0.3) is 5.91 Å². The molecule has 0 fully saturated rings. The number of nitrogens with one attached hydrogen (secondary N) is 1. The van der Waals surface area contributed by atoms with Crippen LogP contribution >= 0.6 is 22.9 Å². The van der Waals surface area contributed by atoms with E-state index in [1.165, 1.54) is 23.6 Å². The molecule has 5 nitrogen and oxygen atoms in total. The average molecular weight is 283 g/mol. The molecule has 0 aliphatic heterocycles. The molecule has 2 aromatic rings. The first-order valence-electron chi connectivity index (χ1n) is 5.16. The van der Waals surface area contributed by atoms with E-state index >= 15 is 0 Å². The zero-order valence-electron chi connectivity index (χ0n) is 9.61. The van der Waals surface area contributed by atoms with Gasteiger partial charge in [-0.2, -0.15) is 0 Å². The average Bonchev–Trinajstić information content (AvgIpc) is 2.75. The highest BCUT2D eigenvalue weighted by atomic mass is 35.5. The highest BCUT2D eigenvalue weighted by Gasteiger charge is 2.12. The van der Waals surface area contributed by atoms with Gasteiger partial charge in [0.1, 0.15) is 5.82 Å². The van der Waals surface area contributed by atoms with Crippen LogP contribution in [0.3, 0.4) is 0 Å². The van der Waals surface area contributed by atoms with Crippen LogP contribution in [0.4, 0.5) is 5.82 Å². The fraction of sp³-hybridized carbons (Fsp3) is 0.182. The number of rotatable bonds is 3. The molecule has 0 aliphatic rings. The Bertz CT molecular complexity index is 584. The van der Waals surface area contributed by atoms with Gasteiger partial charge in [0.15, 0.2) is 0 Å². The van der Waals surface area contributed by atoms with Crippen LogP contribution < -0.4 is 11.1 Å². The summed E-state index contributed by atoms with van der Waals surface area (Å²) in [4.78, 5) is 20.9. The quantitative estimate of drug-likeness (QED) is 0.902. The number of amides is 1. The summed E-state index contributed by atoms with van der Waals surface area (Å²) >= 11 is 7.39. The molecule has 0 unspecified atom stereocenters. The number of aryl methyl sites for hydroxylation is 1. The smallest absolute Gasteiger partial charge is 0.253 e. The minimum Gasteiger partial charge on any atom is -0.384 e. The molecule has 0 spiro atoms. The molecule has 0 saturated heterocycles. The molecule has 0 radical (unpaired) electrons. The predicted molar refractivity (Wildman–Crippen MR) is 71.7 cm³/mol. The third-order valence-electron chi connectivity index (χ3n) is 2.38. The van der Waals surface area contributed by atoms with Crippen molar-refractivity contribution in [2.75, 3.05) is 5.73 Å². The summed E-state index contributed by atoms with van der Waals surface area (Å²) in [6.45, 7) is 2.32. The number of hydrogen-bond acceptors (Lipinski definition) is 5. The third-order valence-corrected chi connectivity index (χ3v) is 3.61. The Balaban J connectivity index is 2.08. The van der Waals surface area contributed by atoms with E-state index in [2.05, 4.69) is 15.3 Å². The summed E-state index contributed by atoms with van der Waals surface area (Å²) in [5.74, 6) is -0.0135. The molecule has 1 amide bonds. The molecular weight excluding hydrogens is 272 g/mol. The van der Waals surface area contributed by atoms with Crippen LogP contribution in [0.1, 0.15) is 20.9 Å². The predicted octanol–water partition coefficient (Wildman–Crippen LogP) is 2.01. The fourth-order valence-electron chi connectivity index (χ4n) is 1.38. The van der Waals surface area contributed by atoms with Gasteiger partial charge in [0.05, 0.1) is 28.3 Å². The largest absolute Gasteiger partial charge is 0.384 e. The van der Waals surface area contributed by atoms with Crippen LogP contribution in [0.2, 0.25) is 5.02 Å². The summed E-state index contributed by atoms with van der Waals surface area (Å²) in [6.07, 6.45) is 1.36. The third kappa shape index (κ3) is 2.77. The summed E-state index contributed by atoms with van der Waals surface area (Å²) < 4.78 is 0. The van der Waals surface area contributed by atoms with Crippen molar-refractivity contribution in [3.63, 3.8) is 0 Å². The van der Waals surface area contributed by atoms with Crippen molar-refractivity contribution in [2.24, 2.45) is 0 Å². The number of nitrogens with two attached hydrogens (primary N) is 1. The lowest BCUT2D eigenvalue weighted by molar-refractivity contribution is 0.0951. The highest BCUT2D eigenvalue weighted by molar-refractivity contribution is 7.09. The van der Waals surface area contributed by atoms with Gasteiger partial charge < -0.3 is 11.1 Å². The van der Waals surface area contributed by atoms with E-state index in [-0.39, 0.29) is 16.7 Å². The van der Waals surface area contributed by atoms with E-state index in [0.29, 0.717) is 12.1 Å². The number of anilines is 1. The van der Waals surface area contributed by atoms with E-state index in [1.54, 1.807) is 5.51 Å². The zero-order valence-corrected chi connectivity index (χ0v) is 11.2. The summed E-state index contributed by atoms with van der Waals surface area (Å²) in [5, 5.41) is 3.05. The van der Waals surface area contributed by atoms with Gasteiger partial charge in [0.2, 0.25) is 0 Å². The molecule has 0 saturated carbocycles. The molecule has 3 N–H and O–H groups in total. The number of nitrogen functional groups attached to an aromatic ring is 1. The first-order valence-corrected chi connectivity index (χ1v) is 6.42. The first kappa shape index (κ1) is 12.8. The Morgan fingerprint density at radius 1 is 1.56 bits per heavy atom. The summed E-state index contributed by atoms with van der Waals surface area (Å²) in [7, 11) is 0. The molecule has 2 aromatic heterocycles. The van der Waals surface area contributed by atoms with E-state index in [4.69, 9.17) is 17.3 Å². The number of thiazole rings is 1. The molecule has 0 aromatic carbocycles. The standard InChI is InChI=1S/C11H11ClN4OS/c1-6-9(18-5-16-6)4-15-11(17)7-2-10(13)14-3-8(7)12/h2-3,5H,4H2,1H3,(H2,13,14)(H,15,17). The van der Waals surface area contributed by atoms with Crippen LogP contribution in [-0.4, -0.2) is 15.9 Å². The Kier molecular flexibility index (Phi) is 3.78. The molecule has 18 heavy (non-hydrogen) atoms. The topological polar surface area (TPSA) is 80.9 Å². The SMILES string of the molecule is Cc1ncsc1CNC(=O)c1cc(N)ncc1Cl. The minimum atomic E-state index is -0.276. The normalized spacial score (nSPS) is 10.3. The van der Waals surface area contributed by atoms with Crippen LogP contribution in [0.25, 0.3) is 0 Å². The minimum absolute atomic E-state index is 0.263. The number of carbonyl (C=O) groups is 1. The molecular formula is C11H11ClN4OS. The lowest BCUT2D eigenvalue weighted by atomic mass is 10.2. The number of halogens is 1. The molecule has 7 heteroatoms. The number of hydrogen-bond donors (Lipinski definition) is 2. The van der Waals surface area contributed by atoms with Crippen molar-refractivity contribution in [2.45, 2.75) is 13.5 Å². The van der Waals surface area contributed by atoms with Gasteiger partial charge in [0, 0.05) is 11.1 Å². The highest BCUT2D eigenvalue weighted by Crippen LogP contribution is 2.17. The van der Waals surface area contributed by atoms with Crippen LogP contribution in [0.15, 0.2) is 17.8 Å². The van der Waals surface area contributed by atoms with Gasteiger partial charge in [-0.3, -0.25) is 4.79 Å². The first-order chi connectivity index (χ1) is 8.58. The molecule has 2 rings (SSSR count). The van der Waals surface area contributed by atoms with Gasteiger partial charge in [-0.05, 0) is 13.0 Å². The molecule has 0 bridgehead atoms. The molecule has 94 valence electrons. The van der Waals surface area contributed by atoms with E-state index < -0.39 is 0 Å². The van der Waals surface area contributed by atoms with Crippen LogP contribution in [-0.2, 0) is 6.54 Å². The lowest BCUT2D eigenvalue weighted by Crippen LogP contribution is -2.23. The summed E-state index contributed by atoms with van der Waals surface area (Å²) in [6, 6.07) is 1.46. The van der Waals surface area contributed by atoms with Gasteiger partial charge in [-0.25, -0.2) is 9.97 Å². The number of nitrogens with zero attached hydrogens (tertiary/aromatic N) is 2. The van der Waals surface area contributed by atoms with E-state index in [9.17, 15) is 4.79 Å². The number of carbonyl (C=O) groups excluding carboxylic acids is 1. The van der Waals surface area contributed by atoms with E-state index in [1.807, 2.05) is 6.92 Å². The number of pyridine rings is 1. The number of aromatic nitrogens is 2. The Labute approximate surface area is 113 Å². The van der Waals surface area contributed by atoms with Gasteiger partial charge in [-0.15, -0.1) is 11.3 Å². The second-order valence-corrected chi connectivity index (χ2v) is 4.98. The van der Waals surface area contributed by atoms with E-state index in [0.717, 1.165) is 10.6 Å². The Morgan fingerprint density at radius 3 is 3.00 bits per heavy atom. The zero-order chi connectivity index (χ0) is 13.1. The molecule has 0 aliphatic carbocycles. The van der Waals surface area contributed by atoms with Crippen LogP contribution in [0, 0.1) is 6.92 Å². The van der Waals surface area contributed by atoms with Crippen molar-refractivity contribution >= 4 is 34.7 Å². The van der Waals surface area contributed by atoms with Crippen molar-refractivity contribution in [1.29, 1.82) is 0 Å². The van der Waals surface area contributed by atoms with Crippen molar-refractivity contribution in [1.82, 2.24) is 15.3 Å². The Hall–Kier alpha value is -1.66. The monoisotopic (exact) mass is 282 g/mol. The maximum absolute atomic E-state index is 11.9.